The van der Waals surface area contributed by atoms with Crippen LogP contribution in [0.4, 0.5) is 11.4 Å². The van der Waals surface area contributed by atoms with Crippen LogP contribution < -0.4 is 10.6 Å². The molecule has 0 bridgehead atoms. The summed E-state index contributed by atoms with van der Waals surface area (Å²) in [4.78, 5) is 32.8. The molecule has 3 N–H and O–H groups in total. The van der Waals surface area contributed by atoms with Crippen LogP contribution in [0.2, 0.25) is 0 Å². The van der Waals surface area contributed by atoms with Crippen LogP contribution in [0.15, 0.2) is 24.3 Å². The fraction of sp³-hybridized carbons (Fsp3) is 0.429. The number of carboxylic acids is 1. The van der Waals surface area contributed by atoms with E-state index >= 15 is 0 Å². The highest BCUT2D eigenvalue weighted by atomic mass is 16.6. The van der Waals surface area contributed by atoms with Gasteiger partial charge in [0.25, 0.3) is 5.69 Å². The van der Waals surface area contributed by atoms with Crippen LogP contribution >= 0.6 is 0 Å². The quantitative estimate of drug-likeness (QED) is 0.495. The third-order valence-corrected chi connectivity index (χ3v) is 3.30. The van der Waals surface area contributed by atoms with E-state index in [9.17, 15) is 19.7 Å². The van der Waals surface area contributed by atoms with Crippen molar-refractivity contribution in [2.75, 3.05) is 11.9 Å². The van der Waals surface area contributed by atoms with Crippen LogP contribution in [0.1, 0.15) is 20.3 Å². The number of para-hydroxylation sites is 2. The van der Waals surface area contributed by atoms with Gasteiger partial charge in [-0.15, -0.1) is 0 Å². The summed E-state index contributed by atoms with van der Waals surface area (Å²) < 4.78 is 0. The van der Waals surface area contributed by atoms with Crippen LogP contribution in [0.5, 0.6) is 0 Å². The Balaban J connectivity index is 2.46. The zero-order chi connectivity index (χ0) is 16.7. The summed E-state index contributed by atoms with van der Waals surface area (Å²) in [6, 6.07) is 5.66. The molecule has 8 nitrogen and oxygen atoms in total. The van der Waals surface area contributed by atoms with Crippen molar-refractivity contribution < 1.29 is 19.6 Å². The van der Waals surface area contributed by atoms with Gasteiger partial charge in [-0.3, -0.25) is 19.7 Å². The van der Waals surface area contributed by atoms with Crippen LogP contribution in [0.25, 0.3) is 0 Å². The molecular weight excluding hydrogens is 290 g/mol. The molecular formula is C14H19N3O5. The molecule has 2 unspecified atom stereocenters. The Morgan fingerprint density at radius 1 is 1.32 bits per heavy atom. The molecule has 1 aromatic rings. The first-order valence-electron chi connectivity index (χ1n) is 6.82. The lowest BCUT2D eigenvalue weighted by molar-refractivity contribution is -0.384. The first kappa shape index (κ1) is 17.4. The Kier molecular flexibility index (Phi) is 6.30. The van der Waals surface area contributed by atoms with Crippen molar-refractivity contribution in [1.82, 2.24) is 5.32 Å². The maximum atomic E-state index is 11.7. The number of carbonyl (C=O) groups excluding carboxylic acids is 1. The van der Waals surface area contributed by atoms with Gasteiger partial charge < -0.3 is 15.7 Å². The summed E-state index contributed by atoms with van der Waals surface area (Å²) in [5.41, 5.74) is 0.281. The van der Waals surface area contributed by atoms with E-state index < -0.39 is 22.9 Å². The highest BCUT2D eigenvalue weighted by molar-refractivity contribution is 5.78. The number of aliphatic carboxylic acids is 1. The highest BCUT2D eigenvalue weighted by Crippen LogP contribution is 2.22. The van der Waals surface area contributed by atoms with Gasteiger partial charge >= 0.3 is 5.97 Å². The van der Waals surface area contributed by atoms with Crippen molar-refractivity contribution in [2.24, 2.45) is 5.92 Å². The second-order valence-corrected chi connectivity index (χ2v) is 4.93. The molecule has 1 amide bonds. The predicted octanol–water partition coefficient (Wildman–Crippen LogP) is 1.62. The topological polar surface area (TPSA) is 122 Å². The highest BCUT2D eigenvalue weighted by Gasteiger charge is 2.20. The summed E-state index contributed by atoms with van der Waals surface area (Å²) in [7, 11) is 0. The first-order valence-corrected chi connectivity index (χ1v) is 6.82. The SMILES string of the molecule is CC(NC(=O)CCNc1ccccc1[N+](=O)[O-])C(C)C(=O)O. The zero-order valence-electron chi connectivity index (χ0n) is 12.4. The number of anilines is 1. The maximum Gasteiger partial charge on any atom is 0.308 e. The molecule has 120 valence electrons. The number of carboxylic acid groups (broad SMARTS) is 1. The minimum atomic E-state index is -0.981. The molecule has 0 saturated heterocycles. The predicted molar refractivity (Wildman–Crippen MR) is 80.6 cm³/mol. The number of benzene rings is 1. The molecule has 0 aromatic heterocycles. The van der Waals surface area contributed by atoms with Gasteiger partial charge in [-0.1, -0.05) is 12.1 Å². The summed E-state index contributed by atoms with van der Waals surface area (Å²) in [5.74, 6) is -1.98. The van der Waals surface area contributed by atoms with Gasteiger partial charge in [0, 0.05) is 25.1 Å². The van der Waals surface area contributed by atoms with E-state index in [-0.39, 0.29) is 24.6 Å². The van der Waals surface area contributed by atoms with E-state index in [0.29, 0.717) is 5.69 Å². The molecule has 22 heavy (non-hydrogen) atoms. The number of nitrogens with zero attached hydrogens (tertiary/aromatic N) is 1. The summed E-state index contributed by atoms with van der Waals surface area (Å²) in [5, 5.41) is 25.1. The molecule has 0 aliphatic heterocycles. The monoisotopic (exact) mass is 309 g/mol. The Labute approximate surface area is 127 Å². The number of nitro groups is 1. The number of hydrogen-bond donors (Lipinski definition) is 3. The maximum absolute atomic E-state index is 11.7. The first-order chi connectivity index (χ1) is 10.3. The molecule has 1 rings (SSSR count). The number of nitro benzene ring substituents is 1. The van der Waals surface area contributed by atoms with Crippen molar-refractivity contribution in [3.8, 4) is 0 Å². The molecule has 0 aliphatic rings. The minimum absolute atomic E-state index is 0.0595. The van der Waals surface area contributed by atoms with Crippen molar-refractivity contribution in [2.45, 2.75) is 26.3 Å². The van der Waals surface area contributed by atoms with Crippen LogP contribution in [-0.2, 0) is 9.59 Å². The van der Waals surface area contributed by atoms with Crippen molar-refractivity contribution >= 4 is 23.3 Å². The Hall–Kier alpha value is -2.64. The summed E-state index contributed by atoms with van der Waals surface area (Å²) >= 11 is 0. The Bertz CT molecular complexity index is 561. The van der Waals surface area contributed by atoms with Gasteiger partial charge in [0.1, 0.15) is 5.69 Å². The lowest BCUT2D eigenvalue weighted by Crippen LogP contribution is -2.40. The standard InChI is InChI=1S/C14H19N3O5/c1-9(14(19)20)10(2)16-13(18)7-8-15-11-5-3-4-6-12(11)17(21)22/h3-6,9-10,15H,7-8H2,1-2H3,(H,16,18)(H,19,20). The van der Waals surface area contributed by atoms with Gasteiger partial charge in [0.15, 0.2) is 0 Å². The fourth-order valence-corrected chi connectivity index (χ4v) is 1.76. The van der Waals surface area contributed by atoms with Gasteiger partial charge in [-0.05, 0) is 19.9 Å². The second-order valence-electron chi connectivity index (χ2n) is 4.93. The molecule has 8 heteroatoms. The lowest BCUT2D eigenvalue weighted by Gasteiger charge is -2.17. The number of rotatable bonds is 8. The average Bonchev–Trinajstić information content (AvgIpc) is 2.46. The normalized spacial score (nSPS) is 13.0. The number of amides is 1. The minimum Gasteiger partial charge on any atom is -0.481 e. The molecule has 0 saturated carbocycles. The van der Waals surface area contributed by atoms with Gasteiger partial charge in [0.2, 0.25) is 5.91 Å². The molecule has 0 radical (unpaired) electrons. The summed E-state index contributed by atoms with van der Waals surface area (Å²) in [6.07, 6.45) is 0.0860. The lowest BCUT2D eigenvalue weighted by atomic mass is 10.0. The third-order valence-electron chi connectivity index (χ3n) is 3.30. The Morgan fingerprint density at radius 2 is 1.95 bits per heavy atom. The van der Waals surface area contributed by atoms with Crippen molar-refractivity contribution in [3.63, 3.8) is 0 Å². The van der Waals surface area contributed by atoms with E-state index in [4.69, 9.17) is 5.11 Å². The average molecular weight is 309 g/mol. The molecule has 1 aromatic carbocycles. The third kappa shape index (κ3) is 5.04. The van der Waals surface area contributed by atoms with Crippen molar-refractivity contribution in [1.29, 1.82) is 0 Å². The van der Waals surface area contributed by atoms with Crippen molar-refractivity contribution in [3.05, 3.63) is 34.4 Å². The number of hydrogen-bond acceptors (Lipinski definition) is 5. The van der Waals surface area contributed by atoms with Gasteiger partial charge in [-0.25, -0.2) is 0 Å². The Morgan fingerprint density at radius 3 is 2.55 bits per heavy atom. The smallest absolute Gasteiger partial charge is 0.308 e. The van der Waals surface area contributed by atoms with Crippen LogP contribution in [0.3, 0.4) is 0 Å². The second kappa shape index (κ2) is 7.96. The fourth-order valence-electron chi connectivity index (χ4n) is 1.76. The molecule has 2 atom stereocenters. The van der Waals surface area contributed by atoms with Crippen LogP contribution in [-0.4, -0.2) is 34.5 Å². The molecule has 0 aliphatic carbocycles. The summed E-state index contributed by atoms with van der Waals surface area (Å²) in [6.45, 7) is 3.34. The van der Waals surface area contributed by atoms with E-state index in [1.807, 2.05) is 0 Å². The van der Waals surface area contributed by atoms with Crippen LogP contribution in [0, 0.1) is 16.0 Å². The number of carbonyl (C=O) groups is 2. The van der Waals surface area contributed by atoms with Gasteiger partial charge in [0.05, 0.1) is 10.8 Å². The molecule has 0 fully saturated rings. The molecule has 0 heterocycles. The van der Waals surface area contributed by atoms with E-state index in [1.54, 1.807) is 25.1 Å². The number of nitrogens with one attached hydrogen (secondary N) is 2. The largest absolute Gasteiger partial charge is 0.481 e. The van der Waals surface area contributed by atoms with E-state index in [2.05, 4.69) is 10.6 Å². The van der Waals surface area contributed by atoms with E-state index in [0.717, 1.165) is 0 Å². The van der Waals surface area contributed by atoms with E-state index in [1.165, 1.54) is 13.0 Å². The zero-order valence-corrected chi connectivity index (χ0v) is 12.4. The van der Waals surface area contributed by atoms with Gasteiger partial charge in [-0.2, -0.15) is 0 Å². The molecule has 0 spiro atoms.